The molecular formula is C43H33N. The van der Waals surface area contributed by atoms with E-state index in [9.17, 15) is 0 Å². The summed E-state index contributed by atoms with van der Waals surface area (Å²) in [6.45, 7) is 4.73. The number of rotatable bonds is 5. The Balaban J connectivity index is 1.29. The van der Waals surface area contributed by atoms with Crippen LogP contribution in [0.2, 0.25) is 0 Å². The first-order chi connectivity index (χ1) is 21.6. The van der Waals surface area contributed by atoms with E-state index in [1.807, 2.05) is 0 Å². The molecule has 0 aromatic heterocycles. The van der Waals surface area contributed by atoms with Gasteiger partial charge in [0.15, 0.2) is 0 Å². The van der Waals surface area contributed by atoms with Gasteiger partial charge >= 0.3 is 0 Å². The zero-order valence-corrected chi connectivity index (χ0v) is 25.0. The molecule has 0 amide bonds. The molecule has 44 heavy (non-hydrogen) atoms. The summed E-state index contributed by atoms with van der Waals surface area (Å²) < 4.78 is 0. The van der Waals surface area contributed by atoms with Gasteiger partial charge in [0.2, 0.25) is 0 Å². The van der Waals surface area contributed by atoms with Crippen molar-refractivity contribution in [1.82, 2.24) is 0 Å². The van der Waals surface area contributed by atoms with Crippen molar-refractivity contribution in [2.45, 2.75) is 19.3 Å². The van der Waals surface area contributed by atoms with E-state index in [2.05, 4.69) is 183 Å². The minimum atomic E-state index is -0.112. The van der Waals surface area contributed by atoms with Crippen molar-refractivity contribution in [3.63, 3.8) is 0 Å². The highest BCUT2D eigenvalue weighted by molar-refractivity contribution is 6.03. The lowest BCUT2D eigenvalue weighted by Gasteiger charge is -2.28. The highest BCUT2D eigenvalue weighted by Gasteiger charge is 2.37. The molecule has 1 aliphatic rings. The number of hydrogen-bond acceptors (Lipinski definition) is 1. The second-order valence-corrected chi connectivity index (χ2v) is 12.2. The van der Waals surface area contributed by atoms with Crippen molar-refractivity contribution in [3.05, 3.63) is 175 Å². The standard InChI is InChI=1S/C43H33N/c1-43(2)40-27-22-33-16-9-10-19-38(33)42(40)39-26-25-37(29-41(39)43)44(35-23-20-32(21-24-35)30-12-5-3-6-13-30)36-18-11-17-34(28-36)31-14-7-4-8-15-31/h3-29H,1-2H3. The Morgan fingerprint density at radius 1 is 0.409 bits per heavy atom. The average Bonchev–Trinajstić information content (AvgIpc) is 3.32. The van der Waals surface area contributed by atoms with Gasteiger partial charge in [-0.15, -0.1) is 0 Å². The molecule has 0 bridgehead atoms. The largest absolute Gasteiger partial charge is 0.310 e. The van der Waals surface area contributed by atoms with Crippen molar-refractivity contribution in [2.75, 3.05) is 4.90 Å². The van der Waals surface area contributed by atoms with E-state index >= 15 is 0 Å². The van der Waals surface area contributed by atoms with Crippen LogP contribution in [0.4, 0.5) is 17.1 Å². The molecular weight excluding hydrogens is 530 g/mol. The summed E-state index contributed by atoms with van der Waals surface area (Å²) in [6, 6.07) is 59.5. The van der Waals surface area contributed by atoms with Crippen molar-refractivity contribution in [3.8, 4) is 33.4 Å². The van der Waals surface area contributed by atoms with Crippen molar-refractivity contribution in [2.24, 2.45) is 0 Å². The Kier molecular flexibility index (Phi) is 6.20. The van der Waals surface area contributed by atoms with Crippen LogP contribution in [0.15, 0.2) is 164 Å². The van der Waals surface area contributed by atoms with E-state index in [0.717, 1.165) is 17.1 Å². The zero-order valence-electron chi connectivity index (χ0n) is 25.0. The maximum absolute atomic E-state index is 2.42. The molecule has 0 aliphatic heterocycles. The van der Waals surface area contributed by atoms with E-state index < -0.39 is 0 Å². The average molecular weight is 564 g/mol. The van der Waals surface area contributed by atoms with Gasteiger partial charge in [0.05, 0.1) is 0 Å². The lowest BCUT2D eigenvalue weighted by Crippen LogP contribution is -2.16. The predicted octanol–water partition coefficient (Wildman–Crippen LogP) is 11.9. The number of hydrogen-bond donors (Lipinski definition) is 0. The third-order valence-electron chi connectivity index (χ3n) is 9.25. The van der Waals surface area contributed by atoms with Crippen LogP contribution in [0.3, 0.4) is 0 Å². The molecule has 1 nitrogen and oxygen atoms in total. The smallest absolute Gasteiger partial charge is 0.0467 e. The van der Waals surface area contributed by atoms with Crippen LogP contribution in [-0.2, 0) is 5.41 Å². The van der Waals surface area contributed by atoms with Gasteiger partial charge < -0.3 is 4.90 Å². The number of anilines is 3. The second kappa shape index (κ2) is 10.4. The topological polar surface area (TPSA) is 3.24 Å². The van der Waals surface area contributed by atoms with E-state index in [-0.39, 0.29) is 5.41 Å². The molecule has 7 aromatic rings. The molecule has 0 radical (unpaired) electrons. The minimum absolute atomic E-state index is 0.112. The number of fused-ring (bicyclic) bond motifs is 5. The molecule has 0 fully saturated rings. The monoisotopic (exact) mass is 563 g/mol. The van der Waals surface area contributed by atoms with Crippen molar-refractivity contribution >= 4 is 27.8 Å². The Bertz CT molecular complexity index is 2120. The normalized spacial score (nSPS) is 13.0. The first-order valence-electron chi connectivity index (χ1n) is 15.4. The fraction of sp³-hybridized carbons (Fsp3) is 0.0698. The van der Waals surface area contributed by atoms with Crippen LogP contribution in [0, 0.1) is 0 Å². The molecule has 0 unspecified atom stereocenters. The third kappa shape index (κ3) is 4.32. The molecule has 0 saturated carbocycles. The molecule has 0 spiro atoms. The molecule has 7 aromatic carbocycles. The van der Waals surface area contributed by atoms with Crippen molar-refractivity contribution < 1.29 is 0 Å². The Hall–Kier alpha value is -5.40. The van der Waals surface area contributed by atoms with Crippen LogP contribution in [0.25, 0.3) is 44.2 Å². The maximum Gasteiger partial charge on any atom is 0.0467 e. The van der Waals surface area contributed by atoms with Crippen LogP contribution in [0.1, 0.15) is 25.0 Å². The van der Waals surface area contributed by atoms with Crippen molar-refractivity contribution in [1.29, 1.82) is 0 Å². The van der Waals surface area contributed by atoms with E-state index in [4.69, 9.17) is 0 Å². The van der Waals surface area contributed by atoms with Crippen LogP contribution in [0.5, 0.6) is 0 Å². The highest BCUT2D eigenvalue weighted by atomic mass is 15.1. The number of benzene rings is 7. The summed E-state index contributed by atoms with van der Waals surface area (Å²) in [7, 11) is 0. The summed E-state index contributed by atoms with van der Waals surface area (Å²) in [5.41, 5.74) is 13.6. The van der Waals surface area contributed by atoms with Gasteiger partial charge in [-0.2, -0.15) is 0 Å². The third-order valence-corrected chi connectivity index (χ3v) is 9.25. The summed E-state index contributed by atoms with van der Waals surface area (Å²) in [5, 5.41) is 2.62. The molecule has 1 heteroatoms. The fourth-order valence-electron chi connectivity index (χ4n) is 6.97. The first kappa shape index (κ1) is 26.2. The lowest BCUT2D eigenvalue weighted by molar-refractivity contribution is 0.661. The summed E-state index contributed by atoms with van der Waals surface area (Å²) in [6.07, 6.45) is 0. The fourth-order valence-corrected chi connectivity index (χ4v) is 6.97. The predicted molar refractivity (Wildman–Crippen MR) is 187 cm³/mol. The van der Waals surface area contributed by atoms with E-state index in [1.165, 1.54) is 55.3 Å². The zero-order chi connectivity index (χ0) is 29.7. The maximum atomic E-state index is 2.42. The van der Waals surface area contributed by atoms with Gasteiger partial charge in [0.25, 0.3) is 0 Å². The summed E-state index contributed by atoms with van der Waals surface area (Å²) in [4.78, 5) is 2.40. The summed E-state index contributed by atoms with van der Waals surface area (Å²) >= 11 is 0. The van der Waals surface area contributed by atoms with Gasteiger partial charge in [-0.05, 0) is 91.7 Å². The van der Waals surface area contributed by atoms with Gasteiger partial charge in [-0.3, -0.25) is 0 Å². The van der Waals surface area contributed by atoms with Crippen LogP contribution >= 0.6 is 0 Å². The molecule has 0 N–H and O–H groups in total. The van der Waals surface area contributed by atoms with Gasteiger partial charge in [0.1, 0.15) is 0 Å². The van der Waals surface area contributed by atoms with Crippen LogP contribution < -0.4 is 4.90 Å². The Morgan fingerprint density at radius 2 is 1.00 bits per heavy atom. The Labute approximate surface area is 259 Å². The molecule has 1 aliphatic carbocycles. The van der Waals surface area contributed by atoms with E-state index in [1.54, 1.807) is 0 Å². The SMILES string of the molecule is CC1(C)c2cc(N(c3ccc(-c4ccccc4)cc3)c3cccc(-c4ccccc4)c3)ccc2-c2c1ccc1ccccc21. The highest BCUT2D eigenvalue weighted by Crippen LogP contribution is 2.53. The van der Waals surface area contributed by atoms with E-state index in [0.29, 0.717) is 0 Å². The molecule has 8 rings (SSSR count). The Morgan fingerprint density at radius 3 is 1.75 bits per heavy atom. The number of nitrogens with zero attached hydrogens (tertiary/aromatic N) is 1. The van der Waals surface area contributed by atoms with Crippen LogP contribution in [-0.4, -0.2) is 0 Å². The molecule has 0 heterocycles. The van der Waals surface area contributed by atoms with Gasteiger partial charge in [-0.25, -0.2) is 0 Å². The lowest BCUT2D eigenvalue weighted by atomic mass is 9.82. The quantitative estimate of drug-likeness (QED) is 0.201. The summed E-state index contributed by atoms with van der Waals surface area (Å²) in [5.74, 6) is 0. The van der Waals surface area contributed by atoms with Gasteiger partial charge in [-0.1, -0.05) is 141 Å². The molecule has 210 valence electrons. The second-order valence-electron chi connectivity index (χ2n) is 12.2. The van der Waals surface area contributed by atoms with Gasteiger partial charge in [0, 0.05) is 22.5 Å². The molecule has 0 saturated heterocycles. The molecule has 0 atom stereocenters. The minimum Gasteiger partial charge on any atom is -0.310 e. The first-order valence-corrected chi connectivity index (χ1v) is 15.4.